The van der Waals surface area contributed by atoms with Gasteiger partial charge in [0.2, 0.25) is 0 Å². The highest BCUT2D eigenvalue weighted by atomic mass is 35.5. The predicted molar refractivity (Wildman–Crippen MR) is 100 cm³/mol. The molecule has 0 radical (unpaired) electrons. The fraction of sp³-hybridized carbons (Fsp3) is 0.500. The number of amides is 1. The first-order chi connectivity index (χ1) is 11.7. The van der Waals surface area contributed by atoms with Gasteiger partial charge < -0.3 is 11.1 Å². The number of carbonyl (C=O) groups excluding carboxylic acids is 1. The number of nitrogens with two attached hydrogens (primary N) is 1. The molecule has 1 unspecified atom stereocenters. The Labute approximate surface area is 154 Å². The van der Waals surface area contributed by atoms with Crippen molar-refractivity contribution in [3.63, 3.8) is 0 Å². The van der Waals surface area contributed by atoms with E-state index in [4.69, 9.17) is 5.73 Å². The van der Waals surface area contributed by atoms with Crippen LogP contribution in [0.3, 0.4) is 0 Å². The number of halogens is 1. The molecule has 25 heavy (non-hydrogen) atoms. The van der Waals surface area contributed by atoms with Crippen LogP contribution in [0.4, 0.5) is 0 Å². The molecule has 3 N–H and O–H groups in total. The minimum Gasteiger partial charge on any atom is -0.348 e. The van der Waals surface area contributed by atoms with Gasteiger partial charge in [0.05, 0.1) is 5.69 Å². The zero-order valence-corrected chi connectivity index (χ0v) is 15.3. The molecule has 1 aliphatic rings. The summed E-state index contributed by atoms with van der Waals surface area (Å²) in [7, 11) is 0. The lowest BCUT2D eigenvalue weighted by molar-refractivity contribution is 0.0915. The lowest BCUT2D eigenvalue weighted by Crippen LogP contribution is -2.45. The van der Waals surface area contributed by atoms with Gasteiger partial charge in [-0.2, -0.15) is 5.10 Å². The van der Waals surface area contributed by atoms with Gasteiger partial charge in [0.1, 0.15) is 12.7 Å². The Morgan fingerprint density at radius 3 is 2.72 bits per heavy atom. The van der Waals surface area contributed by atoms with Crippen LogP contribution in [0.5, 0.6) is 0 Å². The maximum absolute atomic E-state index is 12.6. The molecule has 1 aromatic heterocycles. The van der Waals surface area contributed by atoms with Crippen LogP contribution in [0.25, 0.3) is 5.69 Å². The Bertz CT molecular complexity index is 683. The number of nitrogens with zero attached hydrogens (tertiary/aromatic N) is 3. The third kappa shape index (κ3) is 4.58. The highest BCUT2D eigenvalue weighted by molar-refractivity contribution is 5.94. The minimum atomic E-state index is -0.0516. The van der Waals surface area contributed by atoms with Gasteiger partial charge in [-0.25, -0.2) is 9.67 Å². The zero-order chi connectivity index (χ0) is 16.9. The summed E-state index contributed by atoms with van der Waals surface area (Å²) < 4.78 is 1.70. The summed E-state index contributed by atoms with van der Waals surface area (Å²) >= 11 is 0. The fourth-order valence-electron chi connectivity index (χ4n) is 3.54. The van der Waals surface area contributed by atoms with E-state index >= 15 is 0 Å². The number of hydrogen-bond donors (Lipinski definition) is 2. The lowest BCUT2D eigenvalue weighted by atomic mass is 9.84. The second-order valence-electron chi connectivity index (χ2n) is 6.56. The zero-order valence-electron chi connectivity index (χ0n) is 14.5. The number of benzene rings is 1. The molecule has 1 saturated carbocycles. The molecule has 2 aromatic rings. The molecule has 1 aliphatic carbocycles. The summed E-state index contributed by atoms with van der Waals surface area (Å²) in [5, 5.41) is 7.27. The third-order valence-electron chi connectivity index (χ3n) is 4.91. The van der Waals surface area contributed by atoms with Gasteiger partial charge in [0.25, 0.3) is 5.91 Å². The lowest BCUT2D eigenvalue weighted by Gasteiger charge is -2.30. The average Bonchev–Trinajstić information content (AvgIpc) is 3.14. The minimum absolute atomic E-state index is 0. The molecule has 0 spiro atoms. The van der Waals surface area contributed by atoms with E-state index in [0.717, 1.165) is 24.1 Å². The number of aryl methyl sites for hydroxylation is 1. The largest absolute Gasteiger partial charge is 0.348 e. The Hall–Kier alpha value is -1.92. The van der Waals surface area contributed by atoms with Crippen molar-refractivity contribution in [2.45, 2.75) is 45.1 Å². The molecule has 7 heteroatoms. The molecule has 1 atom stereocenters. The SMILES string of the molecule is Cc1cc(C(=O)NC(CN)C2CCCCC2)ccc1-n1cncn1.Cl. The summed E-state index contributed by atoms with van der Waals surface area (Å²) in [6, 6.07) is 5.68. The molecule has 6 nitrogen and oxygen atoms in total. The van der Waals surface area contributed by atoms with Crippen LogP contribution < -0.4 is 11.1 Å². The predicted octanol–water partition coefficient (Wildman–Crippen LogP) is 2.63. The molecular weight excluding hydrogens is 338 g/mol. The van der Waals surface area contributed by atoms with Crippen molar-refractivity contribution in [2.75, 3.05) is 6.54 Å². The van der Waals surface area contributed by atoms with Crippen molar-refractivity contribution < 1.29 is 4.79 Å². The summed E-state index contributed by atoms with van der Waals surface area (Å²) in [6.45, 7) is 2.46. The van der Waals surface area contributed by atoms with E-state index in [-0.39, 0.29) is 24.4 Å². The Kier molecular flexibility index (Phi) is 6.96. The second-order valence-corrected chi connectivity index (χ2v) is 6.56. The maximum Gasteiger partial charge on any atom is 0.251 e. The van der Waals surface area contributed by atoms with Crippen molar-refractivity contribution in [3.05, 3.63) is 42.0 Å². The van der Waals surface area contributed by atoms with Gasteiger partial charge in [-0.15, -0.1) is 12.4 Å². The van der Waals surface area contributed by atoms with Gasteiger partial charge in [-0.3, -0.25) is 4.79 Å². The molecule has 1 heterocycles. The standard InChI is InChI=1S/C18H25N5O.ClH/c1-13-9-15(7-8-17(13)23-12-20-11-21-23)18(24)22-16(10-19)14-5-3-2-4-6-14;/h7-9,11-12,14,16H,2-6,10,19H2,1H3,(H,22,24);1H. The summed E-state index contributed by atoms with van der Waals surface area (Å²) in [5.41, 5.74) is 8.48. The quantitative estimate of drug-likeness (QED) is 0.855. The van der Waals surface area contributed by atoms with E-state index in [2.05, 4.69) is 15.4 Å². The van der Waals surface area contributed by atoms with Crippen molar-refractivity contribution >= 4 is 18.3 Å². The van der Waals surface area contributed by atoms with E-state index in [1.54, 1.807) is 11.0 Å². The third-order valence-corrected chi connectivity index (χ3v) is 4.91. The van der Waals surface area contributed by atoms with E-state index < -0.39 is 0 Å². The van der Waals surface area contributed by atoms with E-state index in [9.17, 15) is 4.79 Å². The van der Waals surface area contributed by atoms with Crippen LogP contribution in [-0.2, 0) is 0 Å². The fourth-order valence-corrected chi connectivity index (χ4v) is 3.54. The smallest absolute Gasteiger partial charge is 0.251 e. The molecule has 1 amide bonds. The molecule has 0 aliphatic heterocycles. The number of hydrogen-bond acceptors (Lipinski definition) is 4. The van der Waals surface area contributed by atoms with E-state index in [0.29, 0.717) is 18.0 Å². The normalized spacial score (nSPS) is 16.1. The monoisotopic (exact) mass is 363 g/mol. The first-order valence-corrected chi connectivity index (χ1v) is 8.65. The molecule has 1 fully saturated rings. The first-order valence-electron chi connectivity index (χ1n) is 8.65. The Balaban J connectivity index is 0.00000225. The van der Waals surface area contributed by atoms with Crippen LogP contribution >= 0.6 is 12.4 Å². The van der Waals surface area contributed by atoms with E-state index in [1.165, 1.54) is 25.6 Å². The van der Waals surface area contributed by atoms with Gasteiger partial charge in [-0.1, -0.05) is 19.3 Å². The molecule has 0 saturated heterocycles. The van der Waals surface area contributed by atoms with Gasteiger partial charge >= 0.3 is 0 Å². The highest BCUT2D eigenvalue weighted by Gasteiger charge is 2.24. The molecule has 136 valence electrons. The summed E-state index contributed by atoms with van der Waals surface area (Å²) in [5.74, 6) is 0.451. The summed E-state index contributed by atoms with van der Waals surface area (Å²) in [4.78, 5) is 16.6. The van der Waals surface area contributed by atoms with Crippen LogP contribution in [0.1, 0.15) is 48.0 Å². The topological polar surface area (TPSA) is 85.8 Å². The maximum atomic E-state index is 12.6. The molecule has 1 aromatic carbocycles. The molecule has 0 bridgehead atoms. The highest BCUT2D eigenvalue weighted by Crippen LogP contribution is 2.26. The average molecular weight is 364 g/mol. The van der Waals surface area contributed by atoms with E-state index in [1.807, 2.05) is 25.1 Å². The van der Waals surface area contributed by atoms with Gasteiger partial charge in [0.15, 0.2) is 0 Å². The van der Waals surface area contributed by atoms with Crippen LogP contribution in [-0.4, -0.2) is 33.3 Å². The van der Waals surface area contributed by atoms with Crippen LogP contribution in [0.2, 0.25) is 0 Å². The second kappa shape index (κ2) is 8.97. The van der Waals surface area contributed by atoms with Crippen LogP contribution in [0, 0.1) is 12.8 Å². The number of nitrogens with one attached hydrogen (secondary N) is 1. The van der Waals surface area contributed by atoms with Crippen molar-refractivity contribution in [1.82, 2.24) is 20.1 Å². The Morgan fingerprint density at radius 1 is 1.36 bits per heavy atom. The number of aromatic nitrogens is 3. The summed E-state index contributed by atoms with van der Waals surface area (Å²) in [6.07, 6.45) is 9.24. The first kappa shape index (κ1) is 19.4. The Morgan fingerprint density at radius 2 is 2.12 bits per heavy atom. The van der Waals surface area contributed by atoms with Crippen LogP contribution in [0.15, 0.2) is 30.9 Å². The van der Waals surface area contributed by atoms with Gasteiger partial charge in [0, 0.05) is 18.2 Å². The van der Waals surface area contributed by atoms with Crippen molar-refractivity contribution in [2.24, 2.45) is 11.7 Å². The van der Waals surface area contributed by atoms with Crippen molar-refractivity contribution in [3.8, 4) is 5.69 Å². The van der Waals surface area contributed by atoms with Gasteiger partial charge in [-0.05, 0) is 49.4 Å². The molecule has 3 rings (SSSR count). The number of carbonyl (C=O) groups is 1. The molecular formula is C18H26ClN5O. The van der Waals surface area contributed by atoms with Crippen molar-refractivity contribution in [1.29, 1.82) is 0 Å². The number of rotatable bonds is 5.